The highest BCUT2D eigenvalue weighted by molar-refractivity contribution is 6.00. The van der Waals surface area contributed by atoms with Crippen LogP contribution in [0.2, 0.25) is 0 Å². The molecule has 2 fully saturated rings. The van der Waals surface area contributed by atoms with Gasteiger partial charge >= 0.3 is 0 Å². The highest BCUT2D eigenvalue weighted by Gasteiger charge is 2.52. The van der Waals surface area contributed by atoms with Gasteiger partial charge in [0, 0.05) is 32.7 Å². The maximum absolute atomic E-state index is 13.6. The summed E-state index contributed by atoms with van der Waals surface area (Å²) >= 11 is 0. The summed E-state index contributed by atoms with van der Waals surface area (Å²) in [5, 5.41) is 6.11. The zero-order valence-corrected chi connectivity index (χ0v) is 26.0. The van der Waals surface area contributed by atoms with Crippen LogP contribution in [-0.2, 0) is 27.2 Å². The molecule has 1 atom stereocenters. The second-order valence-electron chi connectivity index (χ2n) is 12.2. The lowest BCUT2D eigenvalue weighted by atomic mass is 9.81. The largest absolute Gasteiger partial charge is 0.356 e. The molecule has 2 aliphatic heterocycles. The number of benzene rings is 3. The average molecular weight is 595 g/mol. The van der Waals surface area contributed by atoms with Crippen molar-refractivity contribution in [3.05, 3.63) is 96.1 Å². The number of unbranched alkanes of at least 4 members (excludes halogenated alkanes) is 1. The molecular formula is C37H46N4O3. The maximum atomic E-state index is 13.6. The summed E-state index contributed by atoms with van der Waals surface area (Å²) in [6.07, 6.45) is 5.59. The van der Waals surface area contributed by atoms with Crippen molar-refractivity contribution in [2.24, 2.45) is 0 Å². The smallest absolute Gasteiger partial charge is 0.246 e. The van der Waals surface area contributed by atoms with Crippen molar-refractivity contribution in [2.75, 3.05) is 32.7 Å². The molecule has 0 aromatic heterocycles. The normalized spacial score (nSPS) is 18.3. The zero-order valence-electron chi connectivity index (χ0n) is 26.0. The molecular weight excluding hydrogens is 548 g/mol. The molecule has 44 heavy (non-hydrogen) atoms. The van der Waals surface area contributed by atoms with Crippen molar-refractivity contribution >= 4 is 17.7 Å². The van der Waals surface area contributed by atoms with E-state index in [4.69, 9.17) is 0 Å². The molecule has 3 aromatic carbocycles. The number of piperidine rings is 1. The van der Waals surface area contributed by atoms with Gasteiger partial charge in [0.1, 0.15) is 11.6 Å². The molecule has 5 rings (SSSR count). The Bertz CT molecular complexity index is 1370. The zero-order chi connectivity index (χ0) is 30.8. The molecule has 232 valence electrons. The minimum atomic E-state index is -0.736. The summed E-state index contributed by atoms with van der Waals surface area (Å²) in [6.45, 7) is 5.82. The molecule has 2 heterocycles. The Hall–Kier alpha value is -3.97. The van der Waals surface area contributed by atoms with Crippen molar-refractivity contribution in [1.29, 1.82) is 0 Å². The first-order valence-electron chi connectivity index (χ1n) is 16.3. The molecule has 2 saturated heterocycles. The van der Waals surface area contributed by atoms with Gasteiger partial charge < -0.3 is 20.4 Å². The summed E-state index contributed by atoms with van der Waals surface area (Å²) in [5.74, 6) is 0.0442. The van der Waals surface area contributed by atoms with Crippen LogP contribution in [0.1, 0.15) is 56.6 Å². The third-order valence-corrected chi connectivity index (χ3v) is 9.17. The molecule has 2 aliphatic rings. The van der Waals surface area contributed by atoms with E-state index >= 15 is 0 Å². The number of carbonyl (C=O) groups excluding carboxylic acids is 3. The van der Waals surface area contributed by atoms with E-state index in [1.165, 1.54) is 5.56 Å². The van der Waals surface area contributed by atoms with E-state index in [1.807, 2.05) is 41.3 Å². The van der Waals surface area contributed by atoms with Crippen LogP contribution in [-0.4, -0.2) is 71.8 Å². The van der Waals surface area contributed by atoms with Crippen LogP contribution in [0.5, 0.6) is 0 Å². The number of rotatable bonds is 13. The third-order valence-electron chi connectivity index (χ3n) is 9.17. The Morgan fingerprint density at radius 2 is 1.50 bits per heavy atom. The highest BCUT2D eigenvalue weighted by Crippen LogP contribution is 2.34. The monoisotopic (exact) mass is 594 g/mol. The molecule has 1 spiro atoms. The van der Waals surface area contributed by atoms with Crippen LogP contribution in [0.4, 0.5) is 0 Å². The number of carbonyl (C=O) groups is 3. The molecule has 3 aromatic rings. The predicted octanol–water partition coefficient (Wildman–Crippen LogP) is 5.00. The van der Waals surface area contributed by atoms with Crippen LogP contribution in [0.15, 0.2) is 84.9 Å². The molecule has 0 aliphatic carbocycles. The van der Waals surface area contributed by atoms with Crippen molar-refractivity contribution in [2.45, 2.75) is 69.9 Å². The SMILES string of the molecule is CCCN1C(=O)[C@H](CCCCNC(=O)Cc2ccc(-c3ccccc3)cc2)NC(=O)C12CCN(CCc1ccccc1)CC2. The summed E-state index contributed by atoms with van der Waals surface area (Å²) < 4.78 is 0. The first-order chi connectivity index (χ1) is 21.5. The van der Waals surface area contributed by atoms with Gasteiger partial charge in [0.2, 0.25) is 17.7 Å². The number of likely N-dealkylation sites (tertiary alicyclic amines) is 1. The topological polar surface area (TPSA) is 81.8 Å². The van der Waals surface area contributed by atoms with Crippen molar-refractivity contribution in [1.82, 2.24) is 20.4 Å². The standard InChI is InChI=1S/C37H46N4O3/c1-2-24-41-35(43)33(39-36(44)37(41)21-26-40(27-22-37)25-20-29-11-5-3-6-12-29)15-9-10-23-38-34(42)28-30-16-18-32(19-17-30)31-13-7-4-8-14-31/h3-8,11-14,16-19,33H,2,9-10,15,20-28H2,1H3,(H,38,42)(H,39,44)/t33-/m0/s1. The molecule has 7 nitrogen and oxygen atoms in total. The van der Waals surface area contributed by atoms with Gasteiger partial charge in [-0.25, -0.2) is 0 Å². The summed E-state index contributed by atoms with van der Waals surface area (Å²) in [7, 11) is 0. The van der Waals surface area contributed by atoms with Gasteiger partial charge in [-0.2, -0.15) is 0 Å². The van der Waals surface area contributed by atoms with Gasteiger partial charge in [0.25, 0.3) is 0 Å². The quantitative estimate of drug-likeness (QED) is 0.273. The van der Waals surface area contributed by atoms with Crippen molar-refractivity contribution in [3.8, 4) is 11.1 Å². The Labute approximate surface area is 262 Å². The van der Waals surface area contributed by atoms with Crippen LogP contribution in [0.25, 0.3) is 11.1 Å². The number of nitrogens with one attached hydrogen (secondary N) is 2. The molecule has 7 heteroatoms. The second kappa shape index (κ2) is 15.2. The van der Waals surface area contributed by atoms with Gasteiger partial charge in [0.15, 0.2) is 0 Å². The van der Waals surface area contributed by atoms with Gasteiger partial charge in [-0.1, -0.05) is 91.9 Å². The minimum Gasteiger partial charge on any atom is -0.356 e. The Morgan fingerprint density at radius 3 is 2.18 bits per heavy atom. The second-order valence-corrected chi connectivity index (χ2v) is 12.2. The average Bonchev–Trinajstić information content (AvgIpc) is 3.06. The Balaban J connectivity index is 1.04. The summed E-state index contributed by atoms with van der Waals surface area (Å²) in [6, 6.07) is 28.3. The number of amides is 3. The summed E-state index contributed by atoms with van der Waals surface area (Å²) in [5.41, 5.74) is 3.85. The fourth-order valence-corrected chi connectivity index (χ4v) is 6.59. The Morgan fingerprint density at radius 1 is 0.841 bits per heavy atom. The predicted molar refractivity (Wildman–Crippen MR) is 175 cm³/mol. The van der Waals surface area contributed by atoms with Gasteiger partial charge in [-0.3, -0.25) is 14.4 Å². The molecule has 0 saturated carbocycles. The minimum absolute atomic E-state index is 0.00449. The number of piperazine rings is 1. The van der Waals surface area contributed by atoms with Crippen LogP contribution in [0.3, 0.4) is 0 Å². The van der Waals surface area contributed by atoms with E-state index in [9.17, 15) is 14.4 Å². The molecule has 3 amide bonds. The van der Waals surface area contributed by atoms with E-state index < -0.39 is 11.6 Å². The van der Waals surface area contributed by atoms with Crippen molar-refractivity contribution < 1.29 is 14.4 Å². The molecule has 0 radical (unpaired) electrons. The fraction of sp³-hybridized carbons (Fsp3) is 0.432. The van der Waals surface area contributed by atoms with Crippen LogP contribution < -0.4 is 10.6 Å². The molecule has 0 bridgehead atoms. The molecule has 2 N–H and O–H groups in total. The van der Waals surface area contributed by atoms with Gasteiger partial charge in [-0.05, 0) is 67.2 Å². The summed E-state index contributed by atoms with van der Waals surface area (Å²) in [4.78, 5) is 44.0. The highest BCUT2D eigenvalue weighted by atomic mass is 16.2. The lowest BCUT2D eigenvalue weighted by Gasteiger charge is -2.51. The van der Waals surface area contributed by atoms with Crippen LogP contribution >= 0.6 is 0 Å². The lowest BCUT2D eigenvalue weighted by Crippen LogP contribution is -2.72. The number of hydrogen-bond acceptors (Lipinski definition) is 4. The maximum Gasteiger partial charge on any atom is 0.246 e. The van der Waals surface area contributed by atoms with E-state index in [0.29, 0.717) is 38.8 Å². The van der Waals surface area contributed by atoms with E-state index in [2.05, 4.69) is 71.0 Å². The number of nitrogens with zero attached hydrogens (tertiary/aromatic N) is 2. The first-order valence-corrected chi connectivity index (χ1v) is 16.3. The van der Waals surface area contributed by atoms with Gasteiger partial charge in [-0.15, -0.1) is 0 Å². The molecule has 0 unspecified atom stereocenters. The number of hydrogen-bond donors (Lipinski definition) is 2. The Kier molecular flexibility index (Phi) is 10.8. The van der Waals surface area contributed by atoms with Crippen molar-refractivity contribution in [3.63, 3.8) is 0 Å². The van der Waals surface area contributed by atoms with Gasteiger partial charge in [0.05, 0.1) is 6.42 Å². The van der Waals surface area contributed by atoms with E-state index in [1.54, 1.807) is 0 Å². The fourth-order valence-electron chi connectivity index (χ4n) is 6.59. The van der Waals surface area contributed by atoms with E-state index in [0.717, 1.165) is 62.0 Å². The lowest BCUT2D eigenvalue weighted by molar-refractivity contribution is -0.161. The van der Waals surface area contributed by atoms with Crippen LogP contribution in [0, 0.1) is 0 Å². The third kappa shape index (κ3) is 7.75. The van der Waals surface area contributed by atoms with E-state index in [-0.39, 0.29) is 17.7 Å². The first kappa shape index (κ1) is 31.5.